The molecule has 1 aromatic heterocycles. The first-order valence-electron chi connectivity index (χ1n) is 8.65. The van der Waals surface area contributed by atoms with Crippen molar-refractivity contribution >= 4 is 40.1 Å². The quantitative estimate of drug-likeness (QED) is 0.440. The predicted molar refractivity (Wildman–Crippen MR) is 107 cm³/mol. The van der Waals surface area contributed by atoms with Crippen LogP contribution < -0.4 is 10.4 Å². The molecule has 3 aromatic rings. The smallest absolute Gasteiger partial charge is 0.340 e. The summed E-state index contributed by atoms with van der Waals surface area (Å²) in [6.45, 7) is 3.57. The zero-order valence-electron chi connectivity index (χ0n) is 15.1. The van der Waals surface area contributed by atoms with Crippen LogP contribution in [0.2, 0.25) is 10.0 Å². The minimum Gasteiger partial charge on any atom is -0.485 e. The van der Waals surface area contributed by atoms with E-state index in [9.17, 15) is 9.59 Å². The molecule has 0 radical (unpaired) electrons. The van der Waals surface area contributed by atoms with Gasteiger partial charge in [-0.15, -0.1) is 0 Å². The van der Waals surface area contributed by atoms with Crippen LogP contribution in [0.4, 0.5) is 0 Å². The van der Waals surface area contributed by atoms with Gasteiger partial charge in [0.05, 0.1) is 10.6 Å². The Morgan fingerprint density at radius 3 is 2.68 bits per heavy atom. The number of carbonyl (C=O) groups excluding carboxylic acids is 1. The van der Waals surface area contributed by atoms with Gasteiger partial charge in [-0.2, -0.15) is 0 Å². The Labute approximate surface area is 170 Å². The molecule has 0 amide bonds. The maximum Gasteiger partial charge on any atom is 0.340 e. The molecule has 0 bridgehead atoms. The molecule has 7 heteroatoms. The lowest BCUT2D eigenvalue weighted by Crippen LogP contribution is -2.43. The number of hydrogen-bond donors (Lipinski definition) is 0. The molecule has 0 N–H and O–H groups in total. The van der Waals surface area contributed by atoms with Gasteiger partial charge in [-0.1, -0.05) is 23.2 Å². The highest BCUT2D eigenvalue weighted by Gasteiger charge is 2.40. The summed E-state index contributed by atoms with van der Waals surface area (Å²) in [5.41, 5.74) is 0.305. The van der Waals surface area contributed by atoms with Crippen LogP contribution in [-0.2, 0) is 11.2 Å². The number of carbonyl (C=O) groups is 1. The number of ether oxygens (including phenoxy) is 2. The number of hydrogen-bond acceptors (Lipinski definition) is 5. The second-order valence-electron chi connectivity index (χ2n) is 7.18. The zero-order chi connectivity index (χ0) is 20.1. The number of benzene rings is 2. The third-order valence-corrected chi connectivity index (χ3v) is 5.31. The van der Waals surface area contributed by atoms with Crippen molar-refractivity contribution in [3.8, 4) is 5.75 Å². The second kappa shape index (κ2) is 6.83. The van der Waals surface area contributed by atoms with Crippen LogP contribution in [-0.4, -0.2) is 17.7 Å². The lowest BCUT2D eigenvalue weighted by molar-refractivity contribution is -0.0517. The first-order valence-corrected chi connectivity index (χ1v) is 9.40. The van der Waals surface area contributed by atoms with Gasteiger partial charge in [0.15, 0.2) is 0 Å². The highest BCUT2D eigenvalue weighted by atomic mass is 35.5. The van der Waals surface area contributed by atoms with Crippen molar-refractivity contribution < 1.29 is 18.7 Å². The van der Waals surface area contributed by atoms with Crippen molar-refractivity contribution in [2.75, 3.05) is 0 Å². The molecule has 0 fully saturated rings. The number of rotatable bonds is 3. The first-order chi connectivity index (χ1) is 13.2. The first kappa shape index (κ1) is 18.8. The van der Waals surface area contributed by atoms with E-state index in [1.165, 1.54) is 18.2 Å². The SMILES string of the molecule is CC(C)(OC(=O)c1ccc(Cl)cc1Cl)[C@H]1Cc2cc3ccc(=O)oc3cc2O1. The van der Waals surface area contributed by atoms with Gasteiger partial charge in [-0.3, -0.25) is 0 Å². The largest absolute Gasteiger partial charge is 0.485 e. The van der Waals surface area contributed by atoms with Crippen molar-refractivity contribution in [1.82, 2.24) is 0 Å². The van der Waals surface area contributed by atoms with Crippen LogP contribution in [0, 0.1) is 0 Å². The highest BCUT2D eigenvalue weighted by Crippen LogP contribution is 2.37. The summed E-state index contributed by atoms with van der Waals surface area (Å²) in [5, 5.41) is 1.48. The summed E-state index contributed by atoms with van der Waals surface area (Å²) in [6, 6.07) is 11.3. The predicted octanol–water partition coefficient (Wildman–Crippen LogP) is 5.04. The van der Waals surface area contributed by atoms with Crippen molar-refractivity contribution in [1.29, 1.82) is 0 Å². The molecule has 0 saturated carbocycles. The third-order valence-electron chi connectivity index (χ3n) is 4.76. The van der Waals surface area contributed by atoms with Gasteiger partial charge >= 0.3 is 11.6 Å². The average molecular weight is 419 g/mol. The number of halogens is 2. The van der Waals surface area contributed by atoms with E-state index in [4.69, 9.17) is 37.1 Å². The van der Waals surface area contributed by atoms with Crippen molar-refractivity contribution in [3.05, 3.63) is 74.1 Å². The van der Waals surface area contributed by atoms with E-state index in [2.05, 4.69) is 0 Å². The molecule has 1 aliphatic rings. The van der Waals surface area contributed by atoms with Crippen LogP contribution in [0.25, 0.3) is 11.0 Å². The lowest BCUT2D eigenvalue weighted by Gasteiger charge is -2.30. The van der Waals surface area contributed by atoms with Crippen LogP contribution in [0.5, 0.6) is 5.75 Å². The average Bonchev–Trinajstić information content (AvgIpc) is 3.03. The Kier molecular flexibility index (Phi) is 4.60. The molecule has 2 heterocycles. The van der Waals surface area contributed by atoms with E-state index in [-0.39, 0.29) is 10.6 Å². The maximum absolute atomic E-state index is 12.6. The molecule has 28 heavy (non-hydrogen) atoms. The second-order valence-corrected chi connectivity index (χ2v) is 8.02. The summed E-state index contributed by atoms with van der Waals surface area (Å²) >= 11 is 12.0. The van der Waals surface area contributed by atoms with Gasteiger partial charge in [0.1, 0.15) is 23.0 Å². The van der Waals surface area contributed by atoms with Gasteiger partial charge < -0.3 is 13.9 Å². The topological polar surface area (TPSA) is 65.7 Å². The van der Waals surface area contributed by atoms with Crippen molar-refractivity contribution in [2.24, 2.45) is 0 Å². The molecule has 0 aliphatic carbocycles. The monoisotopic (exact) mass is 418 g/mol. The lowest BCUT2D eigenvalue weighted by atomic mass is 9.96. The van der Waals surface area contributed by atoms with E-state index in [0.717, 1.165) is 10.9 Å². The van der Waals surface area contributed by atoms with Gasteiger partial charge in [0.25, 0.3) is 0 Å². The molecular formula is C21H16Cl2O5. The minimum absolute atomic E-state index is 0.227. The van der Waals surface area contributed by atoms with Crippen LogP contribution in [0.15, 0.2) is 51.7 Å². The molecule has 0 saturated heterocycles. The normalized spacial score (nSPS) is 15.9. The fourth-order valence-corrected chi connectivity index (χ4v) is 3.70. The van der Waals surface area contributed by atoms with Gasteiger partial charge in [-0.25, -0.2) is 9.59 Å². The van der Waals surface area contributed by atoms with Gasteiger partial charge in [-0.05, 0) is 49.7 Å². The Morgan fingerprint density at radius 2 is 1.93 bits per heavy atom. The maximum atomic E-state index is 12.6. The third kappa shape index (κ3) is 3.48. The van der Waals surface area contributed by atoms with E-state index in [1.807, 2.05) is 6.07 Å². The standard InChI is InChI=1S/C21H16Cl2O5/c1-21(2,28-20(25)14-5-4-13(22)9-15(14)23)18-8-12-7-11-3-6-19(24)27-16(11)10-17(12)26-18/h3-7,9-10,18H,8H2,1-2H3/t18-/m1/s1. The fraction of sp³-hybridized carbons (Fsp3) is 0.238. The van der Waals surface area contributed by atoms with Crippen LogP contribution in [0.1, 0.15) is 29.8 Å². The van der Waals surface area contributed by atoms with E-state index in [0.29, 0.717) is 22.8 Å². The van der Waals surface area contributed by atoms with Crippen molar-refractivity contribution in [2.45, 2.75) is 32.0 Å². The molecule has 1 atom stereocenters. The van der Waals surface area contributed by atoms with E-state index in [1.54, 1.807) is 32.0 Å². The summed E-state index contributed by atoms with van der Waals surface area (Å²) < 4.78 is 16.9. The number of esters is 1. The molecule has 0 unspecified atom stereocenters. The molecular weight excluding hydrogens is 403 g/mol. The van der Waals surface area contributed by atoms with E-state index >= 15 is 0 Å². The fourth-order valence-electron chi connectivity index (χ4n) is 3.21. The highest BCUT2D eigenvalue weighted by molar-refractivity contribution is 6.36. The van der Waals surface area contributed by atoms with Crippen LogP contribution in [0.3, 0.4) is 0 Å². The van der Waals surface area contributed by atoms with Gasteiger partial charge in [0, 0.05) is 29.0 Å². The molecule has 5 nitrogen and oxygen atoms in total. The minimum atomic E-state index is -0.925. The molecule has 4 rings (SSSR count). The molecule has 1 aliphatic heterocycles. The molecule has 2 aromatic carbocycles. The summed E-state index contributed by atoms with van der Waals surface area (Å²) in [5.74, 6) is 0.0582. The van der Waals surface area contributed by atoms with Crippen LogP contribution >= 0.6 is 23.2 Å². The van der Waals surface area contributed by atoms with Crippen molar-refractivity contribution in [3.63, 3.8) is 0 Å². The van der Waals surface area contributed by atoms with E-state index < -0.39 is 23.3 Å². The summed E-state index contributed by atoms with van der Waals surface area (Å²) in [4.78, 5) is 24.0. The molecule has 0 spiro atoms. The summed E-state index contributed by atoms with van der Waals surface area (Å²) in [6.07, 6.45) is 0.153. The Balaban J connectivity index is 1.56. The Morgan fingerprint density at radius 1 is 1.14 bits per heavy atom. The molecule has 144 valence electrons. The zero-order valence-corrected chi connectivity index (χ0v) is 16.6. The number of fused-ring (bicyclic) bond motifs is 2. The Bertz CT molecular complexity index is 1150. The summed E-state index contributed by atoms with van der Waals surface area (Å²) in [7, 11) is 0. The van der Waals surface area contributed by atoms with Gasteiger partial charge in [0.2, 0.25) is 0 Å². The Hall–Kier alpha value is -2.50.